The van der Waals surface area contributed by atoms with E-state index in [1.807, 2.05) is 30.3 Å². The number of nitrogens with one attached hydrogen (secondary N) is 1. The molecule has 0 aliphatic carbocycles. The molecule has 2 aromatic rings. The van der Waals surface area contributed by atoms with Gasteiger partial charge in [-0.05, 0) is 48.4 Å². The van der Waals surface area contributed by atoms with E-state index in [1.165, 1.54) is 23.9 Å². The van der Waals surface area contributed by atoms with Gasteiger partial charge in [-0.2, -0.15) is 0 Å². The van der Waals surface area contributed by atoms with E-state index in [4.69, 9.17) is 0 Å². The summed E-state index contributed by atoms with van der Waals surface area (Å²) in [6.07, 6.45) is 0.631. The summed E-state index contributed by atoms with van der Waals surface area (Å²) in [5.41, 5.74) is 0.885. The van der Waals surface area contributed by atoms with Crippen LogP contribution < -0.4 is 5.32 Å². The third-order valence-corrected chi connectivity index (χ3v) is 4.35. The average molecular weight is 368 g/mol. The Bertz CT molecular complexity index is 603. The van der Waals surface area contributed by atoms with Gasteiger partial charge >= 0.3 is 0 Å². The van der Waals surface area contributed by atoms with Crippen LogP contribution in [-0.2, 0) is 11.2 Å². The Balaban J connectivity index is 1.69. The van der Waals surface area contributed by atoms with E-state index in [-0.39, 0.29) is 11.7 Å². The van der Waals surface area contributed by atoms with Crippen molar-refractivity contribution in [3.05, 3.63) is 64.4 Å². The first-order chi connectivity index (χ1) is 10.1. The van der Waals surface area contributed by atoms with Gasteiger partial charge in [0, 0.05) is 15.9 Å². The van der Waals surface area contributed by atoms with E-state index in [0.717, 1.165) is 14.9 Å². The van der Waals surface area contributed by atoms with Crippen molar-refractivity contribution in [3.63, 3.8) is 0 Å². The Kier molecular flexibility index (Phi) is 6.26. The zero-order valence-corrected chi connectivity index (χ0v) is 13.7. The van der Waals surface area contributed by atoms with Gasteiger partial charge in [-0.15, -0.1) is 11.8 Å². The fourth-order valence-electron chi connectivity index (χ4n) is 1.77. The second-order valence-electron chi connectivity index (χ2n) is 4.47. The van der Waals surface area contributed by atoms with Crippen LogP contribution in [0.4, 0.5) is 4.39 Å². The third kappa shape index (κ3) is 5.89. The van der Waals surface area contributed by atoms with Crippen LogP contribution in [0, 0.1) is 5.82 Å². The number of carbonyl (C=O) groups is 1. The molecule has 0 aliphatic heterocycles. The Hall–Kier alpha value is -1.33. The summed E-state index contributed by atoms with van der Waals surface area (Å²) in [5.74, 6) is 0.120. The summed E-state index contributed by atoms with van der Waals surface area (Å²) >= 11 is 4.86. The molecule has 0 aromatic heterocycles. The van der Waals surface area contributed by atoms with Gasteiger partial charge in [0.1, 0.15) is 5.82 Å². The van der Waals surface area contributed by atoms with Crippen LogP contribution in [0.2, 0.25) is 0 Å². The Labute approximate surface area is 136 Å². The second-order valence-corrected chi connectivity index (χ2v) is 6.44. The van der Waals surface area contributed by atoms with Crippen LogP contribution in [0.1, 0.15) is 5.56 Å². The maximum atomic E-state index is 13.0. The van der Waals surface area contributed by atoms with Gasteiger partial charge in [0.15, 0.2) is 0 Å². The molecular formula is C16H15BrFNOS. The molecular weight excluding hydrogens is 353 g/mol. The average Bonchev–Trinajstić information content (AvgIpc) is 2.47. The molecule has 1 N–H and O–H groups in total. The monoisotopic (exact) mass is 367 g/mol. The molecule has 0 fully saturated rings. The normalized spacial score (nSPS) is 10.4. The molecule has 0 heterocycles. The Morgan fingerprint density at radius 3 is 2.67 bits per heavy atom. The molecule has 2 rings (SSSR count). The van der Waals surface area contributed by atoms with Gasteiger partial charge in [-0.25, -0.2) is 4.39 Å². The summed E-state index contributed by atoms with van der Waals surface area (Å²) in [7, 11) is 0. The van der Waals surface area contributed by atoms with Crippen LogP contribution >= 0.6 is 27.7 Å². The van der Waals surface area contributed by atoms with Gasteiger partial charge in [-0.1, -0.05) is 28.1 Å². The van der Waals surface area contributed by atoms with E-state index >= 15 is 0 Å². The molecule has 0 unspecified atom stereocenters. The van der Waals surface area contributed by atoms with Crippen molar-refractivity contribution in [2.24, 2.45) is 0 Å². The molecule has 0 radical (unpaired) electrons. The van der Waals surface area contributed by atoms with Gasteiger partial charge in [0.25, 0.3) is 0 Å². The quantitative estimate of drug-likeness (QED) is 0.780. The lowest BCUT2D eigenvalue weighted by molar-refractivity contribution is -0.118. The zero-order valence-electron chi connectivity index (χ0n) is 11.3. The van der Waals surface area contributed by atoms with Crippen molar-refractivity contribution >= 4 is 33.6 Å². The van der Waals surface area contributed by atoms with E-state index in [2.05, 4.69) is 21.2 Å². The van der Waals surface area contributed by atoms with Crippen molar-refractivity contribution in [1.82, 2.24) is 5.32 Å². The number of hydrogen-bond acceptors (Lipinski definition) is 2. The van der Waals surface area contributed by atoms with Crippen molar-refractivity contribution in [3.8, 4) is 0 Å². The summed E-state index contributed by atoms with van der Waals surface area (Å²) in [6.45, 7) is 0.517. The maximum Gasteiger partial charge on any atom is 0.230 e. The second kappa shape index (κ2) is 8.20. The summed E-state index contributed by atoms with van der Waals surface area (Å²) in [5, 5.41) is 2.84. The minimum absolute atomic E-state index is 0.0145. The van der Waals surface area contributed by atoms with Crippen molar-refractivity contribution in [2.45, 2.75) is 11.3 Å². The number of benzene rings is 2. The van der Waals surface area contributed by atoms with Crippen molar-refractivity contribution in [2.75, 3.05) is 12.3 Å². The van der Waals surface area contributed by atoms with Crippen LogP contribution in [0.25, 0.3) is 0 Å². The lowest BCUT2D eigenvalue weighted by Gasteiger charge is -2.06. The Morgan fingerprint density at radius 1 is 1.19 bits per heavy atom. The van der Waals surface area contributed by atoms with Gasteiger partial charge in [-0.3, -0.25) is 4.79 Å². The van der Waals surface area contributed by atoms with E-state index in [9.17, 15) is 9.18 Å². The number of carbonyl (C=O) groups excluding carboxylic acids is 1. The molecule has 0 saturated carbocycles. The molecule has 110 valence electrons. The predicted molar refractivity (Wildman–Crippen MR) is 88.0 cm³/mol. The maximum absolute atomic E-state index is 13.0. The topological polar surface area (TPSA) is 29.1 Å². The lowest BCUT2D eigenvalue weighted by atomic mass is 10.1. The molecule has 21 heavy (non-hydrogen) atoms. The standard InChI is InChI=1S/C16H15BrFNOS/c17-13-4-6-15(7-5-13)21-11-16(20)19-9-8-12-2-1-3-14(18)10-12/h1-7,10H,8-9,11H2,(H,19,20). The van der Waals surface area contributed by atoms with E-state index < -0.39 is 0 Å². The van der Waals surface area contributed by atoms with Crippen LogP contribution in [0.5, 0.6) is 0 Å². The minimum atomic E-state index is -0.246. The van der Waals surface area contributed by atoms with Gasteiger partial charge < -0.3 is 5.32 Å². The number of halogens is 2. The fraction of sp³-hybridized carbons (Fsp3) is 0.188. The van der Waals surface area contributed by atoms with E-state index in [1.54, 1.807) is 6.07 Å². The smallest absolute Gasteiger partial charge is 0.230 e. The highest BCUT2D eigenvalue weighted by atomic mass is 79.9. The van der Waals surface area contributed by atoms with Crippen molar-refractivity contribution < 1.29 is 9.18 Å². The van der Waals surface area contributed by atoms with E-state index in [0.29, 0.717) is 18.7 Å². The number of rotatable bonds is 6. The van der Waals surface area contributed by atoms with Gasteiger partial charge in [0.2, 0.25) is 5.91 Å². The molecule has 1 amide bonds. The molecule has 0 bridgehead atoms. The molecule has 0 saturated heterocycles. The SMILES string of the molecule is O=C(CSc1ccc(Br)cc1)NCCc1cccc(F)c1. The highest BCUT2D eigenvalue weighted by Crippen LogP contribution is 2.20. The highest BCUT2D eigenvalue weighted by Gasteiger charge is 2.03. The van der Waals surface area contributed by atoms with Crippen LogP contribution in [0.15, 0.2) is 57.9 Å². The van der Waals surface area contributed by atoms with Gasteiger partial charge in [0.05, 0.1) is 5.75 Å². The molecule has 0 spiro atoms. The third-order valence-electron chi connectivity index (χ3n) is 2.81. The van der Waals surface area contributed by atoms with Crippen LogP contribution in [-0.4, -0.2) is 18.2 Å². The number of hydrogen-bond donors (Lipinski definition) is 1. The highest BCUT2D eigenvalue weighted by molar-refractivity contribution is 9.10. The predicted octanol–water partition coefficient (Wildman–Crippen LogP) is 4.04. The Morgan fingerprint density at radius 2 is 1.95 bits per heavy atom. The summed E-state index contributed by atoms with van der Waals surface area (Å²) in [4.78, 5) is 12.8. The first-order valence-electron chi connectivity index (χ1n) is 6.53. The molecule has 2 aromatic carbocycles. The van der Waals surface area contributed by atoms with Crippen LogP contribution in [0.3, 0.4) is 0 Å². The van der Waals surface area contributed by atoms with Crippen molar-refractivity contribution in [1.29, 1.82) is 0 Å². The summed E-state index contributed by atoms with van der Waals surface area (Å²) < 4.78 is 14.0. The first kappa shape index (κ1) is 16.0. The molecule has 5 heteroatoms. The number of amides is 1. The first-order valence-corrected chi connectivity index (χ1v) is 8.31. The largest absolute Gasteiger partial charge is 0.355 e. The fourth-order valence-corrected chi connectivity index (χ4v) is 2.76. The lowest BCUT2D eigenvalue weighted by Crippen LogP contribution is -2.27. The zero-order chi connectivity index (χ0) is 15.1. The molecule has 2 nitrogen and oxygen atoms in total. The minimum Gasteiger partial charge on any atom is -0.355 e. The number of thioether (sulfide) groups is 1. The molecule has 0 aliphatic rings. The summed E-state index contributed by atoms with van der Waals surface area (Å²) in [6, 6.07) is 14.3. The molecule has 0 atom stereocenters.